The molecule has 3 aromatic rings. The summed E-state index contributed by atoms with van der Waals surface area (Å²) in [6.45, 7) is 4.98. The number of ether oxygens (including phenoxy) is 1. The van der Waals surface area contributed by atoms with Crippen LogP contribution < -0.4 is 10.9 Å². The third-order valence-electron chi connectivity index (χ3n) is 5.13. The summed E-state index contributed by atoms with van der Waals surface area (Å²) in [6, 6.07) is 11.0. The van der Waals surface area contributed by atoms with Crippen molar-refractivity contribution in [2.24, 2.45) is 0 Å². The summed E-state index contributed by atoms with van der Waals surface area (Å²) in [5.74, 6) is -0.690. The number of pyridine rings is 1. The molecule has 1 aliphatic heterocycles. The zero-order valence-corrected chi connectivity index (χ0v) is 18.4. The lowest BCUT2D eigenvalue weighted by Gasteiger charge is -2.10. The first-order valence-electron chi connectivity index (χ1n) is 10.6. The Bertz CT molecular complexity index is 1200. The monoisotopic (exact) mass is 475 g/mol. The molecule has 2 amide bonds. The van der Waals surface area contributed by atoms with Crippen molar-refractivity contribution in [1.29, 1.82) is 0 Å². The van der Waals surface area contributed by atoms with Crippen molar-refractivity contribution in [3.05, 3.63) is 75.6 Å². The quantitative estimate of drug-likeness (QED) is 0.561. The third kappa shape index (κ3) is 6.67. The van der Waals surface area contributed by atoms with Gasteiger partial charge in [-0.15, -0.1) is 0 Å². The second-order valence-electron chi connectivity index (χ2n) is 7.74. The fraction of sp³-hybridized carbons (Fsp3) is 0.292. The van der Waals surface area contributed by atoms with Crippen LogP contribution in [0.3, 0.4) is 0 Å². The third-order valence-corrected chi connectivity index (χ3v) is 5.13. The molecule has 0 saturated carbocycles. The van der Waals surface area contributed by atoms with Gasteiger partial charge in [-0.3, -0.25) is 14.4 Å². The number of rotatable bonds is 3. The molecule has 1 aliphatic rings. The normalized spacial score (nSPS) is 14.1. The number of anilines is 1. The molecule has 2 heterocycles. The lowest BCUT2D eigenvalue weighted by molar-refractivity contribution is -0.137. The Hall–Kier alpha value is -3.66. The van der Waals surface area contributed by atoms with Crippen LogP contribution in [0, 0.1) is 6.92 Å². The van der Waals surface area contributed by atoms with Gasteiger partial charge >= 0.3 is 6.18 Å². The van der Waals surface area contributed by atoms with Crippen molar-refractivity contribution in [2.45, 2.75) is 19.5 Å². The Morgan fingerprint density at radius 2 is 1.82 bits per heavy atom. The highest BCUT2D eigenvalue weighted by Gasteiger charge is 2.30. The summed E-state index contributed by atoms with van der Waals surface area (Å²) in [4.78, 5) is 38.7. The molecule has 1 fully saturated rings. The highest BCUT2D eigenvalue weighted by Crippen LogP contribution is 2.31. The molecule has 0 bridgehead atoms. The van der Waals surface area contributed by atoms with Gasteiger partial charge in [-0.05, 0) is 55.1 Å². The SMILES string of the molecule is Cc1ccc(NC(=O)c2cc3cc(C(F)(F)F)ccc3[nH]c2=O)cc1.O=CN1CCCOCC1. The van der Waals surface area contributed by atoms with Crippen LogP contribution in [0.2, 0.25) is 0 Å². The minimum atomic E-state index is -4.51. The molecule has 34 heavy (non-hydrogen) atoms. The second-order valence-corrected chi connectivity index (χ2v) is 7.74. The van der Waals surface area contributed by atoms with E-state index in [2.05, 4.69) is 10.3 Å². The standard InChI is InChI=1S/C18H13F3N2O2.C6H11NO2/c1-10-2-5-13(6-3-10)22-16(24)14-9-11-8-12(18(19,20)21)4-7-15(11)23-17(14)25;8-6-7-2-1-4-9-5-3-7/h2-9H,1H3,(H,22,24)(H,23,25);6H,1-5H2. The largest absolute Gasteiger partial charge is 0.416 e. The molecule has 0 spiro atoms. The van der Waals surface area contributed by atoms with Crippen LogP contribution in [-0.2, 0) is 15.7 Å². The van der Waals surface area contributed by atoms with Gasteiger partial charge in [-0.25, -0.2) is 0 Å². The maximum atomic E-state index is 12.8. The number of aromatic nitrogens is 1. The van der Waals surface area contributed by atoms with E-state index in [0.29, 0.717) is 12.3 Å². The Labute approximate surface area is 193 Å². The molecule has 1 saturated heterocycles. The van der Waals surface area contributed by atoms with E-state index in [4.69, 9.17) is 4.74 Å². The smallest absolute Gasteiger partial charge is 0.380 e. The molecule has 0 aliphatic carbocycles. The van der Waals surface area contributed by atoms with E-state index in [9.17, 15) is 27.6 Å². The lowest BCUT2D eigenvalue weighted by atomic mass is 10.1. The maximum absolute atomic E-state index is 12.8. The van der Waals surface area contributed by atoms with Gasteiger partial charge in [0.05, 0.1) is 12.2 Å². The first-order chi connectivity index (χ1) is 16.2. The van der Waals surface area contributed by atoms with Crippen molar-refractivity contribution >= 4 is 28.9 Å². The molecule has 0 atom stereocenters. The van der Waals surface area contributed by atoms with E-state index in [-0.39, 0.29) is 16.5 Å². The van der Waals surface area contributed by atoms with Crippen molar-refractivity contribution in [3.63, 3.8) is 0 Å². The van der Waals surface area contributed by atoms with E-state index in [1.54, 1.807) is 29.2 Å². The molecular formula is C24H24F3N3O4. The van der Waals surface area contributed by atoms with Gasteiger partial charge in [-0.2, -0.15) is 13.2 Å². The van der Waals surface area contributed by atoms with Gasteiger partial charge < -0.3 is 19.9 Å². The number of fused-ring (bicyclic) bond motifs is 1. The van der Waals surface area contributed by atoms with E-state index in [1.807, 2.05) is 6.92 Å². The van der Waals surface area contributed by atoms with Crippen molar-refractivity contribution in [3.8, 4) is 0 Å². The number of carbonyl (C=O) groups excluding carboxylic acids is 2. The zero-order chi connectivity index (χ0) is 24.7. The number of nitrogens with one attached hydrogen (secondary N) is 2. The summed E-state index contributed by atoms with van der Waals surface area (Å²) in [5.41, 5.74) is -0.0635. The number of halogens is 3. The average Bonchev–Trinajstić information content (AvgIpc) is 3.08. The van der Waals surface area contributed by atoms with Crippen LogP contribution in [0.1, 0.15) is 27.9 Å². The maximum Gasteiger partial charge on any atom is 0.416 e. The van der Waals surface area contributed by atoms with E-state index < -0.39 is 23.2 Å². The Morgan fingerprint density at radius 1 is 1.09 bits per heavy atom. The van der Waals surface area contributed by atoms with Crippen molar-refractivity contribution in [1.82, 2.24) is 9.88 Å². The zero-order valence-electron chi connectivity index (χ0n) is 18.4. The number of amides is 2. The number of benzene rings is 2. The average molecular weight is 475 g/mol. The highest BCUT2D eigenvalue weighted by atomic mass is 19.4. The van der Waals surface area contributed by atoms with Gasteiger partial charge in [0, 0.05) is 30.9 Å². The molecule has 180 valence electrons. The first-order valence-corrected chi connectivity index (χ1v) is 10.6. The van der Waals surface area contributed by atoms with Crippen LogP contribution in [0.4, 0.5) is 18.9 Å². The van der Waals surface area contributed by atoms with E-state index in [0.717, 1.165) is 56.3 Å². The first kappa shape index (κ1) is 25.0. The number of hydrogen-bond donors (Lipinski definition) is 2. The summed E-state index contributed by atoms with van der Waals surface area (Å²) in [6.07, 6.45) is -2.65. The predicted molar refractivity (Wildman–Crippen MR) is 122 cm³/mol. The number of carbonyl (C=O) groups is 2. The molecule has 2 aromatic carbocycles. The van der Waals surface area contributed by atoms with Crippen LogP contribution in [0.5, 0.6) is 0 Å². The van der Waals surface area contributed by atoms with Crippen LogP contribution in [-0.4, -0.2) is 48.5 Å². The Morgan fingerprint density at radius 3 is 2.50 bits per heavy atom. The fourth-order valence-electron chi connectivity index (χ4n) is 3.26. The summed E-state index contributed by atoms with van der Waals surface area (Å²) in [5, 5.41) is 2.68. The number of alkyl halides is 3. The van der Waals surface area contributed by atoms with Crippen LogP contribution >= 0.6 is 0 Å². The van der Waals surface area contributed by atoms with Gasteiger partial charge in [0.2, 0.25) is 6.41 Å². The minimum Gasteiger partial charge on any atom is -0.380 e. The van der Waals surface area contributed by atoms with Gasteiger partial charge in [0.15, 0.2) is 0 Å². The van der Waals surface area contributed by atoms with Crippen LogP contribution in [0.25, 0.3) is 10.9 Å². The molecule has 2 N–H and O–H groups in total. The molecule has 0 radical (unpaired) electrons. The van der Waals surface area contributed by atoms with E-state index >= 15 is 0 Å². The molecule has 7 nitrogen and oxygen atoms in total. The number of nitrogens with zero attached hydrogens (tertiary/aromatic N) is 1. The number of H-pyrrole nitrogens is 1. The molecule has 0 unspecified atom stereocenters. The second kappa shape index (κ2) is 11.0. The predicted octanol–water partition coefficient (Wildman–Crippen LogP) is 3.97. The van der Waals surface area contributed by atoms with E-state index in [1.165, 1.54) is 6.07 Å². The van der Waals surface area contributed by atoms with Crippen LogP contribution in [0.15, 0.2) is 53.3 Å². The topological polar surface area (TPSA) is 91.5 Å². The Kier molecular flexibility index (Phi) is 8.06. The van der Waals surface area contributed by atoms with Gasteiger partial charge in [-0.1, -0.05) is 17.7 Å². The number of hydrogen-bond acceptors (Lipinski definition) is 4. The minimum absolute atomic E-state index is 0.128. The summed E-state index contributed by atoms with van der Waals surface area (Å²) >= 11 is 0. The van der Waals surface area contributed by atoms with Crippen molar-refractivity contribution in [2.75, 3.05) is 31.6 Å². The Balaban J connectivity index is 0.000000302. The molecular weight excluding hydrogens is 451 g/mol. The molecule has 1 aromatic heterocycles. The number of aryl methyl sites for hydroxylation is 1. The highest BCUT2D eigenvalue weighted by molar-refractivity contribution is 6.05. The molecule has 4 rings (SSSR count). The lowest BCUT2D eigenvalue weighted by Crippen LogP contribution is -2.24. The summed E-state index contributed by atoms with van der Waals surface area (Å²) < 4.78 is 43.6. The molecule has 10 heteroatoms. The van der Waals surface area contributed by atoms with Gasteiger partial charge in [0.25, 0.3) is 11.5 Å². The number of aromatic amines is 1. The summed E-state index contributed by atoms with van der Waals surface area (Å²) in [7, 11) is 0. The fourth-order valence-corrected chi connectivity index (χ4v) is 3.26. The van der Waals surface area contributed by atoms with Crippen molar-refractivity contribution < 1.29 is 27.5 Å². The van der Waals surface area contributed by atoms with Gasteiger partial charge in [0.1, 0.15) is 5.56 Å².